The summed E-state index contributed by atoms with van der Waals surface area (Å²) >= 11 is 0. The monoisotopic (exact) mass is 498 g/mol. The number of nitrogens with zero attached hydrogens (tertiary/aromatic N) is 3. The molecule has 1 fully saturated rings. The maximum Gasteiger partial charge on any atom is 0.282 e. The van der Waals surface area contributed by atoms with E-state index < -0.39 is 26.0 Å². The SMILES string of the molecule is CCN(CC)S(=O)(=O)N1CCN(C(=O)c2ccc(NS(=O)(=O)c3ccc(F)cc3)cc2)CC1. The van der Waals surface area contributed by atoms with Crippen LogP contribution in [0.3, 0.4) is 0 Å². The van der Waals surface area contributed by atoms with E-state index in [1.54, 1.807) is 18.7 Å². The second-order valence-electron chi connectivity index (χ2n) is 7.42. The van der Waals surface area contributed by atoms with E-state index in [0.717, 1.165) is 24.3 Å². The highest BCUT2D eigenvalue weighted by molar-refractivity contribution is 7.92. The first-order valence-corrected chi connectivity index (χ1v) is 13.4. The third kappa shape index (κ3) is 5.69. The minimum Gasteiger partial charge on any atom is -0.336 e. The number of amides is 1. The van der Waals surface area contributed by atoms with Gasteiger partial charge in [0.25, 0.3) is 26.1 Å². The van der Waals surface area contributed by atoms with Crippen LogP contribution in [0.5, 0.6) is 0 Å². The second kappa shape index (κ2) is 10.2. The molecule has 0 bridgehead atoms. The van der Waals surface area contributed by atoms with Gasteiger partial charge in [-0.2, -0.15) is 17.0 Å². The molecule has 1 amide bonds. The van der Waals surface area contributed by atoms with Gasteiger partial charge in [0, 0.05) is 50.5 Å². The van der Waals surface area contributed by atoms with Crippen LogP contribution < -0.4 is 4.72 Å². The van der Waals surface area contributed by atoms with Crippen LogP contribution >= 0.6 is 0 Å². The Balaban J connectivity index is 1.62. The third-order valence-corrected chi connectivity index (χ3v) is 8.98. The van der Waals surface area contributed by atoms with Gasteiger partial charge in [0.05, 0.1) is 4.90 Å². The lowest BCUT2D eigenvalue weighted by Crippen LogP contribution is -2.54. The highest BCUT2D eigenvalue weighted by Gasteiger charge is 2.32. The molecule has 0 atom stereocenters. The molecule has 0 saturated carbocycles. The van der Waals surface area contributed by atoms with Gasteiger partial charge in [-0.15, -0.1) is 0 Å². The summed E-state index contributed by atoms with van der Waals surface area (Å²) in [5, 5.41) is 0. The van der Waals surface area contributed by atoms with Gasteiger partial charge in [0.1, 0.15) is 5.82 Å². The van der Waals surface area contributed by atoms with Crippen molar-refractivity contribution in [3.8, 4) is 0 Å². The van der Waals surface area contributed by atoms with E-state index >= 15 is 0 Å². The molecular weight excluding hydrogens is 471 g/mol. The molecule has 9 nitrogen and oxygen atoms in total. The molecule has 0 aromatic heterocycles. The predicted molar refractivity (Wildman–Crippen MR) is 123 cm³/mol. The van der Waals surface area contributed by atoms with E-state index in [1.165, 1.54) is 32.9 Å². The van der Waals surface area contributed by atoms with Crippen LogP contribution in [0.15, 0.2) is 53.4 Å². The number of sulfonamides is 1. The lowest BCUT2D eigenvalue weighted by Gasteiger charge is -2.36. The first kappa shape index (κ1) is 25.1. The topological polar surface area (TPSA) is 107 Å². The number of halogens is 1. The minimum absolute atomic E-state index is 0.0819. The van der Waals surface area contributed by atoms with Crippen LogP contribution in [0.25, 0.3) is 0 Å². The molecule has 1 aliphatic rings. The van der Waals surface area contributed by atoms with Gasteiger partial charge in [0.2, 0.25) is 0 Å². The smallest absolute Gasteiger partial charge is 0.282 e. The molecule has 1 saturated heterocycles. The summed E-state index contributed by atoms with van der Waals surface area (Å²) in [4.78, 5) is 14.3. The van der Waals surface area contributed by atoms with Gasteiger partial charge in [-0.3, -0.25) is 9.52 Å². The van der Waals surface area contributed by atoms with E-state index in [9.17, 15) is 26.0 Å². The normalized spacial score (nSPS) is 15.6. The molecule has 0 spiro atoms. The number of hydrogen-bond donors (Lipinski definition) is 1. The molecule has 3 rings (SSSR count). The highest BCUT2D eigenvalue weighted by atomic mass is 32.2. The fourth-order valence-corrected chi connectivity index (χ4v) is 6.19. The van der Waals surface area contributed by atoms with Crippen LogP contribution in [-0.2, 0) is 20.2 Å². The number of rotatable bonds is 8. The van der Waals surface area contributed by atoms with Crippen LogP contribution in [0.4, 0.5) is 10.1 Å². The molecule has 1 N–H and O–H groups in total. The Kier molecular flexibility index (Phi) is 7.73. The maximum absolute atomic E-state index is 13.0. The summed E-state index contributed by atoms with van der Waals surface area (Å²) in [5.74, 6) is -0.800. The van der Waals surface area contributed by atoms with Crippen molar-refractivity contribution >= 4 is 31.8 Å². The largest absolute Gasteiger partial charge is 0.336 e. The van der Waals surface area contributed by atoms with Gasteiger partial charge >= 0.3 is 0 Å². The Morgan fingerprint density at radius 1 is 0.909 bits per heavy atom. The average Bonchev–Trinajstić information content (AvgIpc) is 2.80. The fourth-order valence-electron chi connectivity index (χ4n) is 3.53. The highest BCUT2D eigenvalue weighted by Crippen LogP contribution is 2.19. The van der Waals surface area contributed by atoms with E-state index in [-0.39, 0.29) is 42.7 Å². The number of anilines is 1. The molecule has 2 aromatic carbocycles. The van der Waals surface area contributed by atoms with Gasteiger partial charge in [-0.1, -0.05) is 13.8 Å². The summed E-state index contributed by atoms with van der Waals surface area (Å²) in [5.41, 5.74) is 0.616. The summed E-state index contributed by atoms with van der Waals surface area (Å²) in [6.07, 6.45) is 0. The van der Waals surface area contributed by atoms with Crippen molar-refractivity contribution < 1.29 is 26.0 Å². The van der Waals surface area contributed by atoms with Crippen LogP contribution in [-0.4, -0.2) is 75.5 Å². The number of hydrogen-bond acceptors (Lipinski definition) is 5. The molecule has 2 aromatic rings. The van der Waals surface area contributed by atoms with Crippen LogP contribution in [0.1, 0.15) is 24.2 Å². The zero-order valence-corrected chi connectivity index (χ0v) is 20.1. The van der Waals surface area contributed by atoms with Crippen molar-refractivity contribution in [2.24, 2.45) is 0 Å². The Hall–Kier alpha value is -2.54. The number of carbonyl (C=O) groups is 1. The molecular formula is C21H27FN4O5S2. The maximum atomic E-state index is 13.0. The fraction of sp³-hybridized carbons (Fsp3) is 0.381. The van der Waals surface area contributed by atoms with Crippen LogP contribution in [0.2, 0.25) is 0 Å². The molecule has 0 unspecified atom stereocenters. The van der Waals surface area contributed by atoms with Crippen molar-refractivity contribution in [3.63, 3.8) is 0 Å². The first-order valence-electron chi connectivity index (χ1n) is 10.5. The van der Waals surface area contributed by atoms with Crippen molar-refractivity contribution in [2.45, 2.75) is 18.7 Å². The number of nitrogens with one attached hydrogen (secondary N) is 1. The lowest BCUT2D eigenvalue weighted by molar-refractivity contribution is 0.0694. The summed E-state index contributed by atoms with van der Waals surface area (Å²) in [7, 11) is -7.44. The van der Waals surface area contributed by atoms with Gasteiger partial charge in [-0.25, -0.2) is 12.8 Å². The van der Waals surface area contributed by atoms with Crippen molar-refractivity contribution in [2.75, 3.05) is 44.0 Å². The van der Waals surface area contributed by atoms with Gasteiger partial charge in [-0.05, 0) is 48.5 Å². The van der Waals surface area contributed by atoms with Crippen molar-refractivity contribution in [3.05, 3.63) is 59.9 Å². The van der Waals surface area contributed by atoms with E-state index in [4.69, 9.17) is 0 Å². The lowest BCUT2D eigenvalue weighted by atomic mass is 10.1. The Morgan fingerprint density at radius 2 is 1.45 bits per heavy atom. The Bertz CT molecular complexity index is 1170. The second-order valence-corrected chi connectivity index (χ2v) is 11.0. The summed E-state index contributed by atoms with van der Waals surface area (Å²) < 4.78 is 68.3. The quantitative estimate of drug-likeness (QED) is 0.599. The predicted octanol–water partition coefficient (Wildman–Crippen LogP) is 1.97. The number of benzene rings is 2. The average molecular weight is 499 g/mol. The van der Waals surface area contributed by atoms with Crippen molar-refractivity contribution in [1.29, 1.82) is 0 Å². The summed E-state index contributed by atoms with van der Waals surface area (Å²) in [6, 6.07) is 10.4. The van der Waals surface area contributed by atoms with E-state index in [0.29, 0.717) is 18.7 Å². The van der Waals surface area contributed by atoms with Crippen LogP contribution in [0, 0.1) is 5.82 Å². The number of piperazine rings is 1. The van der Waals surface area contributed by atoms with Gasteiger partial charge in [0.15, 0.2) is 0 Å². The molecule has 0 radical (unpaired) electrons. The van der Waals surface area contributed by atoms with Gasteiger partial charge < -0.3 is 4.90 Å². The Labute approximate surface area is 194 Å². The van der Waals surface area contributed by atoms with Crippen molar-refractivity contribution in [1.82, 2.24) is 13.5 Å². The summed E-state index contributed by atoms with van der Waals surface area (Å²) in [6.45, 7) is 5.27. The first-order chi connectivity index (χ1) is 15.6. The molecule has 0 aliphatic carbocycles. The number of carbonyl (C=O) groups excluding carboxylic acids is 1. The zero-order valence-electron chi connectivity index (χ0n) is 18.4. The standard InChI is InChI=1S/C21H27FN4O5S2/c1-3-25(4-2)33(30,31)26-15-13-24(14-16-26)21(27)17-5-9-19(10-6-17)23-32(28,29)20-11-7-18(22)8-12-20/h5-12,23H,3-4,13-16H2,1-2H3. The molecule has 12 heteroatoms. The Morgan fingerprint density at radius 3 is 1.97 bits per heavy atom. The molecule has 1 aliphatic heterocycles. The zero-order chi connectivity index (χ0) is 24.2. The van der Waals surface area contributed by atoms with E-state index in [1.807, 2.05) is 0 Å². The molecule has 33 heavy (non-hydrogen) atoms. The third-order valence-electron chi connectivity index (χ3n) is 5.39. The molecule has 180 valence electrons. The van der Waals surface area contributed by atoms with E-state index in [2.05, 4.69) is 4.72 Å². The minimum atomic E-state index is -3.89. The molecule has 1 heterocycles.